The third-order valence-electron chi connectivity index (χ3n) is 5.17. The number of thiophene rings is 1. The molecule has 1 aliphatic heterocycles. The lowest BCUT2D eigenvalue weighted by molar-refractivity contribution is -0.0212. The molecule has 166 valence electrons. The number of nitrogens with zero attached hydrogens (tertiary/aromatic N) is 2. The highest BCUT2D eigenvalue weighted by molar-refractivity contribution is 14.0. The third-order valence-corrected chi connectivity index (χ3v) is 5.88. The molecule has 2 heterocycles. The molecule has 2 unspecified atom stereocenters. The van der Waals surface area contributed by atoms with Gasteiger partial charge in [-0.25, -0.2) is 4.99 Å². The molecular formula is C23H35IN4OS. The minimum Gasteiger partial charge on any atom is -0.376 e. The predicted molar refractivity (Wildman–Crippen MR) is 138 cm³/mol. The summed E-state index contributed by atoms with van der Waals surface area (Å²) in [5, 5.41) is 11.2. The highest BCUT2D eigenvalue weighted by atomic mass is 127. The van der Waals surface area contributed by atoms with Crippen LogP contribution in [0, 0.1) is 0 Å². The summed E-state index contributed by atoms with van der Waals surface area (Å²) < 4.78 is 5.65. The van der Waals surface area contributed by atoms with Gasteiger partial charge >= 0.3 is 0 Å². The summed E-state index contributed by atoms with van der Waals surface area (Å²) in [6, 6.07) is 11.0. The summed E-state index contributed by atoms with van der Waals surface area (Å²) in [7, 11) is 0. The van der Waals surface area contributed by atoms with E-state index in [2.05, 4.69) is 77.4 Å². The third kappa shape index (κ3) is 8.17. The lowest BCUT2D eigenvalue weighted by Crippen LogP contribution is -2.40. The number of guanidine groups is 1. The van der Waals surface area contributed by atoms with Crippen LogP contribution in [0.15, 0.2) is 46.1 Å². The molecule has 0 bridgehead atoms. The van der Waals surface area contributed by atoms with Gasteiger partial charge in [-0.1, -0.05) is 31.2 Å². The van der Waals surface area contributed by atoms with Gasteiger partial charge in [-0.3, -0.25) is 4.90 Å². The number of nitrogens with one attached hydrogen (secondary N) is 2. The smallest absolute Gasteiger partial charge is 0.191 e. The van der Waals surface area contributed by atoms with Crippen LogP contribution in [0.25, 0.3) is 0 Å². The zero-order valence-corrected chi connectivity index (χ0v) is 21.4. The van der Waals surface area contributed by atoms with Crippen LogP contribution in [0.3, 0.4) is 0 Å². The SMILES string of the molecule is CCNC(=NCc1cccc(CN2CCOC(C)C2)c1)NCC(C)c1ccsc1.I. The molecule has 2 atom stereocenters. The number of hydrogen-bond acceptors (Lipinski definition) is 4. The van der Waals surface area contributed by atoms with E-state index in [0.29, 0.717) is 18.6 Å². The fourth-order valence-electron chi connectivity index (χ4n) is 3.55. The van der Waals surface area contributed by atoms with Gasteiger partial charge < -0.3 is 15.4 Å². The molecule has 2 N–H and O–H groups in total. The first kappa shape index (κ1) is 25.1. The van der Waals surface area contributed by atoms with E-state index in [1.165, 1.54) is 16.7 Å². The van der Waals surface area contributed by atoms with Gasteiger partial charge in [0.15, 0.2) is 5.96 Å². The second-order valence-electron chi connectivity index (χ2n) is 7.77. The topological polar surface area (TPSA) is 48.9 Å². The van der Waals surface area contributed by atoms with Crippen molar-refractivity contribution in [2.45, 2.75) is 45.9 Å². The highest BCUT2D eigenvalue weighted by Gasteiger charge is 2.16. The summed E-state index contributed by atoms with van der Waals surface area (Å²) >= 11 is 1.75. The van der Waals surface area contributed by atoms with Crippen molar-refractivity contribution in [3.05, 3.63) is 57.8 Å². The summed E-state index contributed by atoms with van der Waals surface area (Å²) in [4.78, 5) is 7.27. The first-order valence-electron chi connectivity index (χ1n) is 10.6. The average molecular weight is 543 g/mol. The lowest BCUT2D eigenvalue weighted by Gasteiger charge is -2.31. The Morgan fingerprint density at radius 2 is 2.13 bits per heavy atom. The number of halogens is 1. The van der Waals surface area contributed by atoms with E-state index in [0.717, 1.165) is 45.3 Å². The van der Waals surface area contributed by atoms with Gasteiger partial charge in [-0.15, -0.1) is 24.0 Å². The maximum Gasteiger partial charge on any atom is 0.191 e. The van der Waals surface area contributed by atoms with Crippen LogP contribution in [0.5, 0.6) is 0 Å². The van der Waals surface area contributed by atoms with Crippen LogP contribution in [-0.2, 0) is 17.8 Å². The van der Waals surface area contributed by atoms with Crippen molar-refractivity contribution in [2.75, 3.05) is 32.8 Å². The number of morpholine rings is 1. The molecule has 30 heavy (non-hydrogen) atoms. The molecule has 0 radical (unpaired) electrons. The Hall–Kier alpha value is -1.16. The van der Waals surface area contributed by atoms with Crippen molar-refractivity contribution in [1.29, 1.82) is 0 Å². The minimum atomic E-state index is 0. The van der Waals surface area contributed by atoms with E-state index in [9.17, 15) is 0 Å². The fraction of sp³-hybridized carbons (Fsp3) is 0.522. The summed E-state index contributed by atoms with van der Waals surface area (Å²) in [6.45, 7) is 12.7. The Kier molecular flexibility index (Phi) is 11.1. The average Bonchev–Trinajstić information content (AvgIpc) is 3.25. The van der Waals surface area contributed by atoms with E-state index < -0.39 is 0 Å². The van der Waals surface area contributed by atoms with Crippen LogP contribution in [0.4, 0.5) is 0 Å². The minimum absolute atomic E-state index is 0. The molecule has 0 spiro atoms. The van der Waals surface area contributed by atoms with E-state index in [1.54, 1.807) is 11.3 Å². The normalized spacial score (nSPS) is 18.5. The second-order valence-corrected chi connectivity index (χ2v) is 8.55. The van der Waals surface area contributed by atoms with Crippen LogP contribution < -0.4 is 10.6 Å². The first-order valence-corrected chi connectivity index (χ1v) is 11.5. The van der Waals surface area contributed by atoms with Crippen molar-refractivity contribution in [1.82, 2.24) is 15.5 Å². The van der Waals surface area contributed by atoms with Gasteiger partial charge in [-0.05, 0) is 53.3 Å². The highest BCUT2D eigenvalue weighted by Crippen LogP contribution is 2.17. The van der Waals surface area contributed by atoms with Crippen molar-refractivity contribution < 1.29 is 4.74 Å². The molecule has 2 aromatic rings. The number of hydrogen-bond donors (Lipinski definition) is 2. The zero-order valence-electron chi connectivity index (χ0n) is 18.3. The van der Waals surface area contributed by atoms with Gasteiger partial charge in [-0.2, -0.15) is 11.3 Å². The molecule has 0 aliphatic carbocycles. The maximum absolute atomic E-state index is 5.65. The van der Waals surface area contributed by atoms with Crippen LogP contribution in [-0.4, -0.2) is 49.7 Å². The number of rotatable bonds is 8. The first-order chi connectivity index (χ1) is 14.1. The van der Waals surface area contributed by atoms with Crippen molar-refractivity contribution in [3.63, 3.8) is 0 Å². The summed E-state index contributed by atoms with van der Waals surface area (Å²) in [6.07, 6.45) is 0.321. The van der Waals surface area contributed by atoms with Crippen LogP contribution in [0.2, 0.25) is 0 Å². The Labute approximate surface area is 202 Å². The molecule has 1 saturated heterocycles. The zero-order chi connectivity index (χ0) is 20.5. The summed E-state index contributed by atoms with van der Waals surface area (Å²) in [5.41, 5.74) is 3.96. The molecule has 1 aromatic carbocycles. The molecule has 1 aliphatic rings. The molecule has 0 amide bonds. The van der Waals surface area contributed by atoms with Crippen molar-refractivity contribution in [2.24, 2.45) is 4.99 Å². The van der Waals surface area contributed by atoms with E-state index in [1.807, 2.05) is 0 Å². The van der Waals surface area contributed by atoms with Gasteiger partial charge in [0.25, 0.3) is 0 Å². The Morgan fingerprint density at radius 3 is 2.87 bits per heavy atom. The largest absolute Gasteiger partial charge is 0.376 e. The van der Waals surface area contributed by atoms with Gasteiger partial charge in [0.05, 0.1) is 19.3 Å². The second kappa shape index (κ2) is 13.3. The predicted octanol–water partition coefficient (Wildman–Crippen LogP) is 4.45. The molecule has 5 nitrogen and oxygen atoms in total. The van der Waals surface area contributed by atoms with E-state index in [-0.39, 0.29) is 24.0 Å². The Balaban J connectivity index is 0.00000320. The number of benzene rings is 1. The van der Waals surface area contributed by atoms with Crippen LogP contribution in [0.1, 0.15) is 43.4 Å². The van der Waals surface area contributed by atoms with Gasteiger partial charge in [0, 0.05) is 32.7 Å². The van der Waals surface area contributed by atoms with Gasteiger partial charge in [0.1, 0.15) is 0 Å². The Morgan fingerprint density at radius 1 is 1.30 bits per heavy atom. The summed E-state index contributed by atoms with van der Waals surface area (Å²) in [5.74, 6) is 1.34. The molecule has 3 rings (SSSR count). The van der Waals surface area contributed by atoms with Crippen molar-refractivity contribution in [3.8, 4) is 0 Å². The van der Waals surface area contributed by atoms with E-state index in [4.69, 9.17) is 9.73 Å². The quantitative estimate of drug-likeness (QED) is 0.294. The molecule has 7 heteroatoms. The van der Waals surface area contributed by atoms with Crippen LogP contribution >= 0.6 is 35.3 Å². The molecule has 1 aromatic heterocycles. The standard InChI is InChI=1S/C23H34N4OS.HI/c1-4-24-23(25-13-18(2)22-8-11-29-17-22)26-14-20-6-5-7-21(12-20)16-27-9-10-28-19(3)15-27;/h5-8,11-12,17-19H,4,9-10,13-16H2,1-3H3,(H2,24,25,26);1H. The molecular weight excluding hydrogens is 507 g/mol. The maximum atomic E-state index is 5.65. The molecule has 0 saturated carbocycles. The Bertz CT molecular complexity index is 768. The van der Waals surface area contributed by atoms with E-state index >= 15 is 0 Å². The monoisotopic (exact) mass is 542 g/mol. The fourth-order valence-corrected chi connectivity index (χ4v) is 4.34. The van der Waals surface area contributed by atoms with Crippen molar-refractivity contribution >= 4 is 41.3 Å². The van der Waals surface area contributed by atoms with Gasteiger partial charge in [0.2, 0.25) is 0 Å². The number of aliphatic imine (C=N–C) groups is 1. The lowest BCUT2D eigenvalue weighted by atomic mass is 10.1. The number of ether oxygens (including phenoxy) is 1. The molecule has 1 fully saturated rings.